The fourth-order valence-electron chi connectivity index (χ4n) is 3.16. The van der Waals surface area contributed by atoms with E-state index in [1.807, 2.05) is 42.5 Å². The van der Waals surface area contributed by atoms with Crippen LogP contribution in [0.25, 0.3) is 11.4 Å². The number of aromatic nitrogens is 3. The summed E-state index contributed by atoms with van der Waals surface area (Å²) in [6.45, 7) is 0.674. The number of carbonyl (C=O) groups is 1. The average Bonchev–Trinajstić information content (AvgIpc) is 3.24. The number of thioether (sulfide) groups is 1. The van der Waals surface area contributed by atoms with Gasteiger partial charge in [0.15, 0.2) is 11.0 Å². The molecule has 26 heavy (non-hydrogen) atoms. The topological polar surface area (TPSA) is 47.8 Å². The summed E-state index contributed by atoms with van der Waals surface area (Å²) in [6.07, 6.45) is 2.58. The Hall–Kier alpha value is -1.92. The lowest BCUT2D eigenvalue weighted by Gasteiger charge is -2.13. The van der Waals surface area contributed by atoms with Crippen molar-refractivity contribution in [3.63, 3.8) is 0 Å². The molecule has 2 aromatic carbocycles. The highest BCUT2D eigenvalue weighted by Gasteiger charge is 2.28. The van der Waals surface area contributed by atoms with Crippen LogP contribution in [-0.2, 0) is 11.3 Å². The van der Waals surface area contributed by atoms with Gasteiger partial charge in [-0.05, 0) is 24.5 Å². The van der Waals surface area contributed by atoms with E-state index in [9.17, 15) is 4.79 Å². The molecule has 0 radical (unpaired) electrons. The van der Waals surface area contributed by atoms with Crippen molar-refractivity contribution in [1.29, 1.82) is 0 Å². The van der Waals surface area contributed by atoms with E-state index < -0.39 is 0 Å². The summed E-state index contributed by atoms with van der Waals surface area (Å²) >= 11 is 5.17. The lowest BCUT2D eigenvalue weighted by atomic mass is 10.2. The van der Waals surface area contributed by atoms with Crippen LogP contribution < -0.4 is 0 Å². The number of benzene rings is 2. The molecule has 0 bridgehead atoms. The summed E-state index contributed by atoms with van der Waals surface area (Å²) in [6, 6.07) is 18.3. The third-order valence-electron chi connectivity index (χ3n) is 4.51. The second kappa shape index (κ2) is 7.76. The minimum absolute atomic E-state index is 0.000729. The van der Waals surface area contributed by atoms with Crippen molar-refractivity contribution >= 4 is 33.5 Å². The molecule has 0 saturated heterocycles. The van der Waals surface area contributed by atoms with E-state index in [1.54, 1.807) is 11.8 Å². The summed E-state index contributed by atoms with van der Waals surface area (Å²) < 4.78 is 3.10. The maximum absolute atomic E-state index is 12.1. The largest absolute Gasteiger partial charge is 0.298 e. The molecule has 4 rings (SSSR count). The van der Waals surface area contributed by atoms with Gasteiger partial charge in [-0.3, -0.25) is 9.36 Å². The Kier molecular flexibility index (Phi) is 5.22. The van der Waals surface area contributed by atoms with E-state index in [-0.39, 0.29) is 5.25 Å². The average molecular weight is 428 g/mol. The molecule has 3 aromatic rings. The molecule has 6 heteroatoms. The lowest BCUT2D eigenvalue weighted by Crippen LogP contribution is -2.11. The third-order valence-corrected chi connectivity index (χ3v) is 6.50. The molecule has 0 aliphatic heterocycles. The van der Waals surface area contributed by atoms with Crippen LogP contribution in [0.3, 0.4) is 0 Å². The zero-order valence-electron chi connectivity index (χ0n) is 14.1. The van der Waals surface area contributed by atoms with Crippen molar-refractivity contribution in [2.24, 2.45) is 0 Å². The zero-order chi connectivity index (χ0) is 17.9. The number of halogens is 1. The highest BCUT2D eigenvalue weighted by atomic mass is 79.9. The van der Waals surface area contributed by atoms with Crippen molar-refractivity contribution < 1.29 is 4.79 Å². The number of Topliss-reactive ketones (excluding diaryl/α,β-unsaturated/α-hetero) is 1. The SMILES string of the molecule is O=C1CCC[C@@H]1Sc1nnc(-c2ccccc2Br)n1Cc1ccccc1. The van der Waals surface area contributed by atoms with Crippen molar-refractivity contribution in [3.8, 4) is 11.4 Å². The number of carbonyl (C=O) groups excluding carboxylic acids is 1. The van der Waals surface area contributed by atoms with Crippen LogP contribution in [-0.4, -0.2) is 25.8 Å². The summed E-state index contributed by atoms with van der Waals surface area (Å²) in [5.41, 5.74) is 2.18. The highest BCUT2D eigenvalue weighted by Crippen LogP contribution is 2.35. The standard InChI is InChI=1S/C20H18BrN3OS/c21-16-10-5-4-9-15(16)19-22-23-20(26-18-12-6-11-17(18)25)24(19)13-14-7-2-1-3-8-14/h1-5,7-10,18H,6,11-13H2/t18-/m0/s1. The molecule has 4 nitrogen and oxygen atoms in total. The van der Waals surface area contributed by atoms with Gasteiger partial charge in [0.25, 0.3) is 0 Å². The molecule has 132 valence electrons. The second-order valence-electron chi connectivity index (χ2n) is 6.32. The first kappa shape index (κ1) is 17.5. The van der Waals surface area contributed by atoms with E-state index in [0.717, 1.165) is 33.9 Å². The predicted octanol–water partition coefficient (Wildman–Crippen LogP) is 4.97. The molecule has 0 N–H and O–H groups in total. The van der Waals surface area contributed by atoms with E-state index in [0.29, 0.717) is 18.7 Å². The molecule has 0 amide bonds. The molecule has 1 aromatic heterocycles. The Morgan fingerprint density at radius 3 is 2.58 bits per heavy atom. The van der Waals surface area contributed by atoms with Gasteiger partial charge in [-0.2, -0.15) is 0 Å². The molecule has 1 saturated carbocycles. The Labute approximate surface area is 165 Å². The van der Waals surface area contributed by atoms with E-state index in [2.05, 4.69) is 42.8 Å². The predicted molar refractivity (Wildman–Crippen MR) is 107 cm³/mol. The molecule has 1 atom stereocenters. The molecule has 0 unspecified atom stereocenters. The minimum Gasteiger partial charge on any atom is -0.298 e. The van der Waals surface area contributed by atoms with E-state index in [4.69, 9.17) is 0 Å². The van der Waals surface area contributed by atoms with Crippen LogP contribution in [0.2, 0.25) is 0 Å². The molecule has 1 aliphatic carbocycles. The van der Waals surface area contributed by atoms with Crippen molar-refractivity contribution in [1.82, 2.24) is 14.8 Å². The summed E-state index contributed by atoms with van der Waals surface area (Å²) in [4.78, 5) is 12.1. The van der Waals surface area contributed by atoms with Crippen molar-refractivity contribution in [2.75, 3.05) is 0 Å². The molecule has 1 fully saturated rings. The van der Waals surface area contributed by atoms with Crippen LogP contribution >= 0.6 is 27.7 Å². The normalized spacial score (nSPS) is 17.0. The molecular formula is C20H18BrN3OS. The molecule has 1 heterocycles. The second-order valence-corrected chi connectivity index (χ2v) is 8.35. The van der Waals surface area contributed by atoms with Gasteiger partial charge >= 0.3 is 0 Å². The van der Waals surface area contributed by atoms with Crippen LogP contribution in [0.1, 0.15) is 24.8 Å². The van der Waals surface area contributed by atoms with Crippen LogP contribution in [0.5, 0.6) is 0 Å². The van der Waals surface area contributed by atoms with Crippen LogP contribution in [0, 0.1) is 0 Å². The first-order valence-corrected chi connectivity index (χ1v) is 10.3. The van der Waals surface area contributed by atoms with Gasteiger partial charge < -0.3 is 0 Å². The Bertz CT molecular complexity index is 926. The summed E-state index contributed by atoms with van der Waals surface area (Å²) in [5.74, 6) is 1.14. The molecular weight excluding hydrogens is 410 g/mol. The minimum atomic E-state index is 0.000729. The fraction of sp³-hybridized carbons (Fsp3) is 0.250. The number of hydrogen-bond donors (Lipinski definition) is 0. The lowest BCUT2D eigenvalue weighted by molar-refractivity contribution is -0.116. The van der Waals surface area contributed by atoms with Crippen LogP contribution in [0.4, 0.5) is 0 Å². The van der Waals surface area contributed by atoms with E-state index >= 15 is 0 Å². The quantitative estimate of drug-likeness (QED) is 0.576. The Morgan fingerprint density at radius 1 is 1.08 bits per heavy atom. The Morgan fingerprint density at radius 2 is 1.85 bits per heavy atom. The number of rotatable bonds is 5. The molecule has 0 spiro atoms. The number of nitrogens with zero attached hydrogens (tertiary/aromatic N) is 3. The molecule has 1 aliphatic rings. The highest BCUT2D eigenvalue weighted by molar-refractivity contribution is 9.10. The van der Waals surface area contributed by atoms with Gasteiger partial charge in [-0.15, -0.1) is 10.2 Å². The van der Waals surface area contributed by atoms with Gasteiger partial charge in [0, 0.05) is 16.5 Å². The van der Waals surface area contributed by atoms with Crippen LogP contribution in [0.15, 0.2) is 64.2 Å². The maximum atomic E-state index is 12.1. The van der Waals surface area contributed by atoms with Gasteiger partial charge in [-0.1, -0.05) is 76.2 Å². The monoisotopic (exact) mass is 427 g/mol. The Balaban J connectivity index is 1.74. The summed E-state index contributed by atoms with van der Waals surface area (Å²) in [7, 11) is 0. The fourth-order valence-corrected chi connectivity index (χ4v) is 4.78. The van der Waals surface area contributed by atoms with Gasteiger partial charge in [0.1, 0.15) is 5.78 Å². The van der Waals surface area contributed by atoms with Gasteiger partial charge in [-0.25, -0.2) is 0 Å². The first-order valence-electron chi connectivity index (χ1n) is 8.64. The van der Waals surface area contributed by atoms with Gasteiger partial charge in [0.05, 0.1) is 11.8 Å². The van der Waals surface area contributed by atoms with Gasteiger partial charge in [0.2, 0.25) is 0 Å². The smallest absolute Gasteiger partial charge is 0.192 e. The third kappa shape index (κ3) is 3.62. The van der Waals surface area contributed by atoms with Crippen molar-refractivity contribution in [2.45, 2.75) is 36.2 Å². The van der Waals surface area contributed by atoms with E-state index in [1.165, 1.54) is 5.56 Å². The van der Waals surface area contributed by atoms with Crippen molar-refractivity contribution in [3.05, 3.63) is 64.6 Å². The maximum Gasteiger partial charge on any atom is 0.192 e. The number of hydrogen-bond acceptors (Lipinski definition) is 4. The summed E-state index contributed by atoms with van der Waals surface area (Å²) in [5, 5.41) is 9.70. The zero-order valence-corrected chi connectivity index (χ0v) is 16.5. The first-order chi connectivity index (χ1) is 12.7. The number of ketones is 1.